The molecule has 0 saturated heterocycles. The molecule has 128 valence electrons. The van der Waals surface area contributed by atoms with E-state index in [-0.39, 0.29) is 23.6 Å². The van der Waals surface area contributed by atoms with Crippen molar-refractivity contribution >= 4 is 29.2 Å². The van der Waals surface area contributed by atoms with E-state index in [1.165, 1.54) is 23.5 Å². The Morgan fingerprint density at radius 3 is 2.62 bits per heavy atom. The van der Waals surface area contributed by atoms with E-state index in [0.29, 0.717) is 10.6 Å². The van der Waals surface area contributed by atoms with Crippen LogP contribution in [0.5, 0.6) is 0 Å². The van der Waals surface area contributed by atoms with Gasteiger partial charge in [-0.2, -0.15) is 0 Å². The van der Waals surface area contributed by atoms with E-state index in [4.69, 9.17) is 9.15 Å². The van der Waals surface area contributed by atoms with Crippen molar-refractivity contribution in [3.63, 3.8) is 0 Å². The zero-order valence-corrected chi connectivity index (χ0v) is 15.3. The maximum atomic E-state index is 12.4. The van der Waals surface area contributed by atoms with Crippen molar-refractivity contribution in [2.75, 3.05) is 6.61 Å². The number of thiazole rings is 1. The first kappa shape index (κ1) is 18.1. The standard InChI is InChI=1S/C18H21NO4S/c1-6-22-16(21)14-10-8-12(23-14)7-9-13(20)15-11(2)19-17(24-15)18(3,4)5/h7-10H,6H2,1-5H3/b9-7-. The zero-order chi connectivity index (χ0) is 17.9. The second-order valence-electron chi connectivity index (χ2n) is 6.30. The molecule has 0 aliphatic carbocycles. The quantitative estimate of drug-likeness (QED) is 0.455. The number of carbonyl (C=O) groups is 2. The first-order valence-electron chi connectivity index (χ1n) is 7.69. The highest BCUT2D eigenvalue weighted by Gasteiger charge is 2.22. The van der Waals surface area contributed by atoms with Gasteiger partial charge in [0.1, 0.15) is 5.76 Å². The number of aryl methyl sites for hydroxylation is 1. The van der Waals surface area contributed by atoms with E-state index in [1.807, 2.05) is 6.92 Å². The monoisotopic (exact) mass is 347 g/mol. The molecule has 0 aliphatic rings. The van der Waals surface area contributed by atoms with Crippen LogP contribution in [0, 0.1) is 6.92 Å². The number of hydrogen-bond acceptors (Lipinski definition) is 6. The zero-order valence-electron chi connectivity index (χ0n) is 14.5. The molecule has 6 heteroatoms. The van der Waals surface area contributed by atoms with Gasteiger partial charge in [0.2, 0.25) is 5.76 Å². The fourth-order valence-corrected chi connectivity index (χ4v) is 2.98. The van der Waals surface area contributed by atoms with E-state index < -0.39 is 5.97 Å². The van der Waals surface area contributed by atoms with E-state index >= 15 is 0 Å². The van der Waals surface area contributed by atoms with Gasteiger partial charge < -0.3 is 9.15 Å². The van der Waals surface area contributed by atoms with E-state index in [2.05, 4.69) is 25.8 Å². The predicted molar refractivity (Wildman–Crippen MR) is 93.6 cm³/mol. The summed E-state index contributed by atoms with van der Waals surface area (Å²) < 4.78 is 10.2. The summed E-state index contributed by atoms with van der Waals surface area (Å²) in [5.74, 6) is -0.108. The molecule has 0 unspecified atom stereocenters. The lowest BCUT2D eigenvalue weighted by Crippen LogP contribution is -2.10. The van der Waals surface area contributed by atoms with Gasteiger partial charge in [-0.3, -0.25) is 4.79 Å². The average molecular weight is 347 g/mol. The van der Waals surface area contributed by atoms with Gasteiger partial charge in [0.15, 0.2) is 5.78 Å². The summed E-state index contributed by atoms with van der Waals surface area (Å²) in [6, 6.07) is 3.15. The largest absolute Gasteiger partial charge is 0.460 e. The number of esters is 1. The fraction of sp³-hybridized carbons (Fsp3) is 0.389. The number of allylic oxidation sites excluding steroid dienone is 1. The Kier molecular flexibility index (Phi) is 5.39. The van der Waals surface area contributed by atoms with Crippen LogP contribution in [0.2, 0.25) is 0 Å². The predicted octanol–water partition coefficient (Wildman–Crippen LogP) is 4.41. The lowest BCUT2D eigenvalue weighted by atomic mass is 9.98. The molecule has 2 aromatic heterocycles. The SMILES string of the molecule is CCOC(=O)c1ccc(/C=C\C(=O)c2sc(C(C)(C)C)nc2C)o1. The molecule has 0 aliphatic heterocycles. The summed E-state index contributed by atoms with van der Waals surface area (Å²) in [6.07, 6.45) is 2.97. The van der Waals surface area contributed by atoms with Gasteiger partial charge in [0.05, 0.1) is 22.2 Å². The van der Waals surface area contributed by atoms with Crippen LogP contribution in [0.3, 0.4) is 0 Å². The first-order valence-corrected chi connectivity index (χ1v) is 8.51. The fourth-order valence-electron chi connectivity index (χ4n) is 1.93. The van der Waals surface area contributed by atoms with E-state index in [9.17, 15) is 9.59 Å². The van der Waals surface area contributed by atoms with Crippen LogP contribution < -0.4 is 0 Å². The molecule has 2 heterocycles. The Morgan fingerprint density at radius 2 is 2.04 bits per heavy atom. The second kappa shape index (κ2) is 7.13. The lowest BCUT2D eigenvalue weighted by molar-refractivity contribution is 0.0489. The number of carbonyl (C=O) groups excluding carboxylic acids is 2. The maximum absolute atomic E-state index is 12.4. The molecule has 0 bridgehead atoms. The van der Waals surface area contributed by atoms with Gasteiger partial charge in [-0.15, -0.1) is 11.3 Å². The molecule has 5 nitrogen and oxygen atoms in total. The Balaban J connectivity index is 2.14. The molecule has 2 rings (SSSR count). The lowest BCUT2D eigenvalue weighted by Gasteiger charge is -2.13. The van der Waals surface area contributed by atoms with E-state index in [0.717, 1.165) is 10.7 Å². The average Bonchev–Trinajstić information content (AvgIpc) is 3.11. The van der Waals surface area contributed by atoms with Crippen molar-refractivity contribution in [1.82, 2.24) is 4.98 Å². The molecular weight excluding hydrogens is 326 g/mol. The molecule has 0 spiro atoms. The van der Waals surface area contributed by atoms with Crippen molar-refractivity contribution in [2.45, 2.75) is 40.0 Å². The van der Waals surface area contributed by atoms with Gasteiger partial charge in [-0.05, 0) is 38.1 Å². The molecule has 0 aromatic carbocycles. The summed E-state index contributed by atoms with van der Waals surface area (Å²) in [6.45, 7) is 10.0. The molecule has 2 aromatic rings. The Morgan fingerprint density at radius 1 is 1.33 bits per heavy atom. The number of aromatic nitrogens is 1. The van der Waals surface area contributed by atoms with Crippen LogP contribution in [0.4, 0.5) is 0 Å². The molecule has 24 heavy (non-hydrogen) atoms. The Bertz CT molecular complexity index is 777. The maximum Gasteiger partial charge on any atom is 0.374 e. The van der Waals surface area contributed by atoms with Crippen LogP contribution in [-0.4, -0.2) is 23.3 Å². The number of rotatable bonds is 5. The topological polar surface area (TPSA) is 69.4 Å². The third-order valence-corrected chi connectivity index (χ3v) is 4.76. The minimum Gasteiger partial charge on any atom is -0.460 e. The second-order valence-corrected chi connectivity index (χ2v) is 7.30. The first-order chi connectivity index (χ1) is 11.2. The van der Waals surface area contributed by atoms with Gasteiger partial charge >= 0.3 is 5.97 Å². The summed E-state index contributed by atoms with van der Waals surface area (Å²) in [4.78, 5) is 29.0. The van der Waals surface area contributed by atoms with Crippen molar-refractivity contribution in [2.24, 2.45) is 0 Å². The van der Waals surface area contributed by atoms with Crippen molar-refractivity contribution in [3.8, 4) is 0 Å². The molecule has 0 saturated carbocycles. The van der Waals surface area contributed by atoms with Gasteiger partial charge in [-0.25, -0.2) is 9.78 Å². The summed E-state index contributed by atoms with van der Waals surface area (Å²) in [7, 11) is 0. The normalized spacial score (nSPS) is 11.9. The molecule has 0 radical (unpaired) electrons. The van der Waals surface area contributed by atoms with Gasteiger partial charge in [0.25, 0.3) is 0 Å². The van der Waals surface area contributed by atoms with E-state index in [1.54, 1.807) is 19.1 Å². The Labute approximate surface area is 145 Å². The molecule has 0 fully saturated rings. The summed E-state index contributed by atoms with van der Waals surface area (Å²) in [5.41, 5.74) is 0.638. The molecule has 0 amide bonds. The molecule has 0 N–H and O–H groups in total. The van der Waals surface area contributed by atoms with Crippen LogP contribution in [0.1, 0.15) is 64.4 Å². The smallest absolute Gasteiger partial charge is 0.374 e. The summed E-state index contributed by atoms with van der Waals surface area (Å²) in [5, 5.41) is 0.930. The highest BCUT2D eigenvalue weighted by atomic mass is 32.1. The van der Waals surface area contributed by atoms with Crippen molar-refractivity contribution < 1.29 is 18.7 Å². The van der Waals surface area contributed by atoms with Crippen LogP contribution in [0.15, 0.2) is 22.6 Å². The highest BCUT2D eigenvalue weighted by Crippen LogP contribution is 2.29. The van der Waals surface area contributed by atoms with Gasteiger partial charge in [-0.1, -0.05) is 20.8 Å². The van der Waals surface area contributed by atoms with Crippen LogP contribution in [0.25, 0.3) is 6.08 Å². The van der Waals surface area contributed by atoms with Gasteiger partial charge in [0, 0.05) is 5.41 Å². The Hall–Kier alpha value is -2.21. The molecular formula is C18H21NO4S. The number of hydrogen-bond donors (Lipinski definition) is 0. The summed E-state index contributed by atoms with van der Waals surface area (Å²) >= 11 is 1.41. The minimum absolute atomic E-state index is 0.0901. The number of nitrogens with zero attached hydrogens (tertiary/aromatic N) is 1. The number of ether oxygens (including phenoxy) is 1. The van der Waals surface area contributed by atoms with Crippen LogP contribution >= 0.6 is 11.3 Å². The number of furan rings is 1. The third-order valence-electron chi connectivity index (χ3n) is 3.16. The van der Waals surface area contributed by atoms with Crippen LogP contribution in [-0.2, 0) is 10.2 Å². The number of ketones is 1. The minimum atomic E-state index is -0.517. The van der Waals surface area contributed by atoms with Crippen molar-refractivity contribution in [3.05, 3.63) is 45.3 Å². The highest BCUT2D eigenvalue weighted by molar-refractivity contribution is 7.14. The molecule has 0 atom stereocenters. The third kappa shape index (κ3) is 4.20. The van der Waals surface area contributed by atoms with Crippen molar-refractivity contribution in [1.29, 1.82) is 0 Å².